The van der Waals surface area contributed by atoms with Crippen LogP contribution in [0.5, 0.6) is 0 Å². The Morgan fingerprint density at radius 1 is 1.42 bits per heavy atom. The summed E-state index contributed by atoms with van der Waals surface area (Å²) in [6.07, 6.45) is -1.08. The van der Waals surface area contributed by atoms with Crippen LogP contribution in [0.1, 0.15) is 13.8 Å². The zero-order valence-electron chi connectivity index (χ0n) is 11.0. The topological polar surface area (TPSA) is 101 Å². The lowest BCUT2D eigenvalue weighted by atomic mass is 10.3. The van der Waals surface area contributed by atoms with Gasteiger partial charge in [0.1, 0.15) is 5.75 Å². The van der Waals surface area contributed by atoms with E-state index in [0.717, 1.165) is 0 Å². The van der Waals surface area contributed by atoms with Gasteiger partial charge in [0.05, 0.1) is 18.9 Å². The third kappa shape index (κ3) is 5.15. The number of carbonyl (C=O) groups excluding carboxylic acids is 1. The van der Waals surface area contributed by atoms with Crippen molar-refractivity contribution in [3.63, 3.8) is 0 Å². The highest BCUT2D eigenvalue weighted by atomic mass is 32.2. The minimum Gasteiger partial charge on any atom is -0.479 e. The van der Waals surface area contributed by atoms with Gasteiger partial charge in [0.2, 0.25) is 5.91 Å². The zero-order chi connectivity index (χ0) is 14.6. The zero-order valence-corrected chi connectivity index (χ0v) is 11.9. The molecule has 0 radical (unpaired) electrons. The van der Waals surface area contributed by atoms with E-state index < -0.39 is 33.6 Å². The van der Waals surface area contributed by atoms with Crippen LogP contribution in [0.3, 0.4) is 0 Å². The molecule has 7 nitrogen and oxygen atoms in total. The van der Waals surface area contributed by atoms with Crippen molar-refractivity contribution in [2.75, 3.05) is 31.2 Å². The van der Waals surface area contributed by atoms with E-state index in [-0.39, 0.29) is 31.4 Å². The Labute approximate surface area is 112 Å². The SMILES string of the molecule is CC(C)CS(=O)(=O)CC(=O)N1CCOC(C(=O)O)C1. The van der Waals surface area contributed by atoms with Gasteiger partial charge in [-0.15, -0.1) is 0 Å². The first-order valence-electron chi connectivity index (χ1n) is 6.04. The monoisotopic (exact) mass is 293 g/mol. The lowest BCUT2D eigenvalue weighted by Gasteiger charge is -2.30. The average molecular weight is 293 g/mol. The quantitative estimate of drug-likeness (QED) is 0.724. The molecule has 1 fully saturated rings. The maximum absolute atomic E-state index is 11.9. The van der Waals surface area contributed by atoms with Crippen molar-refractivity contribution in [2.24, 2.45) is 5.92 Å². The van der Waals surface area contributed by atoms with Crippen LogP contribution in [0.25, 0.3) is 0 Å². The Bertz CT molecular complexity index is 444. The molecule has 1 aliphatic rings. The van der Waals surface area contributed by atoms with E-state index >= 15 is 0 Å². The van der Waals surface area contributed by atoms with Crippen LogP contribution in [0.4, 0.5) is 0 Å². The highest BCUT2D eigenvalue weighted by Crippen LogP contribution is 2.08. The molecular weight excluding hydrogens is 274 g/mol. The fourth-order valence-electron chi connectivity index (χ4n) is 1.87. The Hall–Kier alpha value is -1.15. The maximum atomic E-state index is 11.9. The number of rotatable bonds is 5. The number of amides is 1. The van der Waals surface area contributed by atoms with E-state index in [2.05, 4.69) is 0 Å². The number of carbonyl (C=O) groups is 2. The molecule has 0 aliphatic carbocycles. The fraction of sp³-hybridized carbons (Fsp3) is 0.818. The molecule has 0 aromatic rings. The second-order valence-corrected chi connectivity index (χ2v) is 7.09. The molecule has 1 saturated heterocycles. The smallest absolute Gasteiger partial charge is 0.334 e. The van der Waals surface area contributed by atoms with Crippen molar-refractivity contribution in [3.05, 3.63) is 0 Å². The summed E-state index contributed by atoms with van der Waals surface area (Å²) < 4.78 is 28.4. The average Bonchev–Trinajstić information content (AvgIpc) is 2.26. The van der Waals surface area contributed by atoms with E-state index in [1.165, 1.54) is 4.90 Å². The Kier molecular flexibility index (Phi) is 5.30. The number of ether oxygens (including phenoxy) is 1. The molecule has 1 heterocycles. The number of carboxylic acid groups (broad SMARTS) is 1. The van der Waals surface area contributed by atoms with Crippen molar-refractivity contribution >= 4 is 21.7 Å². The van der Waals surface area contributed by atoms with Crippen molar-refractivity contribution in [1.82, 2.24) is 4.90 Å². The summed E-state index contributed by atoms with van der Waals surface area (Å²) in [6.45, 7) is 3.74. The van der Waals surface area contributed by atoms with Crippen LogP contribution in [0.15, 0.2) is 0 Å². The van der Waals surface area contributed by atoms with Gasteiger partial charge < -0.3 is 14.7 Å². The van der Waals surface area contributed by atoms with Gasteiger partial charge in [-0.25, -0.2) is 13.2 Å². The highest BCUT2D eigenvalue weighted by molar-refractivity contribution is 7.92. The molecule has 1 N–H and O–H groups in total. The lowest BCUT2D eigenvalue weighted by molar-refractivity contribution is -0.158. The summed E-state index contributed by atoms with van der Waals surface area (Å²) in [4.78, 5) is 23.9. The molecule has 1 atom stereocenters. The maximum Gasteiger partial charge on any atom is 0.334 e. The van der Waals surface area contributed by atoms with E-state index in [0.29, 0.717) is 0 Å². The molecule has 0 aromatic heterocycles. The number of sulfone groups is 1. The van der Waals surface area contributed by atoms with Crippen molar-refractivity contribution in [1.29, 1.82) is 0 Å². The Balaban J connectivity index is 2.61. The lowest BCUT2D eigenvalue weighted by Crippen LogP contribution is -2.50. The number of morpholine rings is 1. The molecule has 1 unspecified atom stereocenters. The van der Waals surface area contributed by atoms with Crippen LogP contribution in [0.2, 0.25) is 0 Å². The first-order valence-corrected chi connectivity index (χ1v) is 7.86. The second-order valence-electron chi connectivity index (χ2n) is 4.99. The molecule has 1 rings (SSSR count). The summed E-state index contributed by atoms with van der Waals surface area (Å²) in [5.41, 5.74) is 0. The highest BCUT2D eigenvalue weighted by Gasteiger charge is 2.31. The first-order chi connectivity index (χ1) is 8.71. The summed E-state index contributed by atoms with van der Waals surface area (Å²) in [6, 6.07) is 0. The van der Waals surface area contributed by atoms with E-state index in [1.807, 2.05) is 0 Å². The molecule has 8 heteroatoms. The van der Waals surface area contributed by atoms with Crippen LogP contribution >= 0.6 is 0 Å². The molecule has 0 saturated carbocycles. The molecule has 0 bridgehead atoms. The van der Waals surface area contributed by atoms with E-state index in [4.69, 9.17) is 9.84 Å². The summed E-state index contributed by atoms with van der Waals surface area (Å²) in [5, 5.41) is 8.81. The van der Waals surface area contributed by atoms with Gasteiger partial charge in [-0.1, -0.05) is 13.8 Å². The van der Waals surface area contributed by atoms with Gasteiger partial charge in [-0.05, 0) is 5.92 Å². The van der Waals surface area contributed by atoms with Crippen molar-refractivity contribution in [2.45, 2.75) is 20.0 Å². The minimum atomic E-state index is -3.45. The number of hydrogen-bond donors (Lipinski definition) is 1. The minimum absolute atomic E-state index is 0.0470. The number of nitrogens with zero attached hydrogens (tertiary/aromatic N) is 1. The first kappa shape index (κ1) is 15.9. The van der Waals surface area contributed by atoms with Crippen LogP contribution < -0.4 is 0 Å². The van der Waals surface area contributed by atoms with Gasteiger partial charge in [0.25, 0.3) is 0 Å². The van der Waals surface area contributed by atoms with E-state index in [9.17, 15) is 18.0 Å². The van der Waals surface area contributed by atoms with Gasteiger partial charge in [-0.2, -0.15) is 0 Å². The van der Waals surface area contributed by atoms with Crippen molar-refractivity contribution in [3.8, 4) is 0 Å². The van der Waals surface area contributed by atoms with Crippen LogP contribution in [-0.4, -0.2) is 67.6 Å². The molecule has 19 heavy (non-hydrogen) atoms. The largest absolute Gasteiger partial charge is 0.479 e. The van der Waals surface area contributed by atoms with Gasteiger partial charge in [-0.3, -0.25) is 4.79 Å². The third-order valence-electron chi connectivity index (χ3n) is 2.63. The molecular formula is C11H19NO6S. The number of aliphatic carboxylic acids is 1. The predicted octanol–water partition coefficient (Wildman–Crippen LogP) is -0.631. The number of hydrogen-bond acceptors (Lipinski definition) is 5. The molecule has 0 spiro atoms. The van der Waals surface area contributed by atoms with Crippen LogP contribution in [0, 0.1) is 5.92 Å². The Morgan fingerprint density at radius 2 is 2.05 bits per heavy atom. The summed E-state index contributed by atoms with van der Waals surface area (Å²) >= 11 is 0. The second kappa shape index (κ2) is 6.33. The molecule has 110 valence electrons. The Morgan fingerprint density at radius 3 is 2.58 bits per heavy atom. The predicted molar refractivity (Wildman–Crippen MR) is 67.4 cm³/mol. The molecule has 0 aromatic carbocycles. The number of carboxylic acids is 1. The summed E-state index contributed by atoms with van der Waals surface area (Å²) in [5.74, 6) is -2.38. The van der Waals surface area contributed by atoms with Gasteiger partial charge >= 0.3 is 5.97 Å². The van der Waals surface area contributed by atoms with E-state index in [1.54, 1.807) is 13.8 Å². The van der Waals surface area contributed by atoms with Crippen LogP contribution in [-0.2, 0) is 24.2 Å². The van der Waals surface area contributed by atoms with Gasteiger partial charge in [0.15, 0.2) is 15.9 Å². The van der Waals surface area contributed by atoms with Gasteiger partial charge in [0, 0.05) is 6.54 Å². The molecule has 1 amide bonds. The third-order valence-corrected chi connectivity index (χ3v) is 4.49. The van der Waals surface area contributed by atoms with Crippen molar-refractivity contribution < 1.29 is 27.9 Å². The fourth-order valence-corrected chi connectivity index (χ4v) is 3.56. The standard InChI is InChI=1S/C11H19NO6S/c1-8(2)6-19(16,17)7-10(13)12-3-4-18-9(5-12)11(14)15/h8-9H,3-7H2,1-2H3,(H,14,15). The molecule has 1 aliphatic heterocycles. The normalized spacial score (nSPS) is 20.6. The summed E-state index contributed by atoms with van der Waals surface area (Å²) in [7, 11) is -3.45.